The summed E-state index contributed by atoms with van der Waals surface area (Å²) in [6.45, 7) is 5.82. The minimum Gasteiger partial charge on any atom is -0.328 e. The van der Waals surface area contributed by atoms with Gasteiger partial charge >= 0.3 is 0 Å². The normalized spacial score (nSPS) is 19.9. The minimum absolute atomic E-state index is 0.00955. The fourth-order valence-electron chi connectivity index (χ4n) is 2.34. The van der Waals surface area contributed by atoms with Crippen LogP contribution in [0.4, 0.5) is 5.82 Å². The summed E-state index contributed by atoms with van der Waals surface area (Å²) in [5, 5.41) is 8.13. The fraction of sp³-hybridized carbons (Fsp3) is 0.538. The molecule has 2 rings (SSSR count). The van der Waals surface area contributed by atoms with E-state index in [0.717, 1.165) is 0 Å². The lowest BCUT2D eigenvalue weighted by Gasteiger charge is -2.28. The molecule has 0 radical (unpaired) electrons. The van der Waals surface area contributed by atoms with Crippen molar-refractivity contribution in [2.75, 3.05) is 11.4 Å². The number of amides is 1. The van der Waals surface area contributed by atoms with Gasteiger partial charge in [-0.3, -0.25) is 9.69 Å². The van der Waals surface area contributed by atoms with E-state index in [2.05, 4.69) is 0 Å². The van der Waals surface area contributed by atoms with Crippen molar-refractivity contribution in [3.63, 3.8) is 0 Å². The van der Waals surface area contributed by atoms with Gasteiger partial charge in [0.25, 0.3) is 0 Å². The molecule has 21 heavy (non-hydrogen) atoms. The van der Waals surface area contributed by atoms with E-state index in [1.165, 1.54) is 4.90 Å². The highest BCUT2D eigenvalue weighted by Gasteiger charge is 2.39. The molecular formula is C13H16ClN3O3S. The van der Waals surface area contributed by atoms with Gasteiger partial charge in [-0.05, 0) is 26.8 Å². The smallest absolute Gasteiger partial charge is 0.237 e. The third-order valence-electron chi connectivity index (χ3n) is 3.42. The Kier molecular flexibility index (Phi) is 3.80. The van der Waals surface area contributed by atoms with Crippen molar-refractivity contribution in [2.24, 2.45) is 0 Å². The first-order valence-corrected chi connectivity index (χ1v) is 8.78. The number of carbonyl (C=O) groups is 1. The summed E-state index contributed by atoms with van der Waals surface area (Å²) in [5.41, 5.74) is 0.0766. The van der Waals surface area contributed by atoms with Crippen molar-refractivity contribution in [3.8, 4) is 6.07 Å². The third kappa shape index (κ3) is 3.06. The maximum absolute atomic E-state index is 12.1. The van der Waals surface area contributed by atoms with Crippen LogP contribution < -0.4 is 4.90 Å². The van der Waals surface area contributed by atoms with Gasteiger partial charge < -0.3 is 4.57 Å². The van der Waals surface area contributed by atoms with Crippen molar-refractivity contribution in [1.82, 2.24) is 4.57 Å². The van der Waals surface area contributed by atoms with Crippen LogP contribution in [0.2, 0.25) is 0 Å². The summed E-state index contributed by atoms with van der Waals surface area (Å²) in [4.78, 5) is 13.5. The second kappa shape index (κ2) is 5.04. The summed E-state index contributed by atoms with van der Waals surface area (Å²) in [5.74, 6) is 0.212. The molecule has 1 saturated heterocycles. The van der Waals surface area contributed by atoms with E-state index in [1.807, 2.05) is 26.8 Å². The molecule has 6 nitrogen and oxygen atoms in total. The second-order valence-corrected chi connectivity index (χ2v) is 8.95. The van der Waals surface area contributed by atoms with Crippen molar-refractivity contribution in [1.29, 1.82) is 5.26 Å². The second-order valence-electron chi connectivity index (χ2n) is 6.05. The van der Waals surface area contributed by atoms with E-state index in [1.54, 1.807) is 16.8 Å². The number of hydrogen-bond donors (Lipinski definition) is 0. The van der Waals surface area contributed by atoms with Crippen LogP contribution in [-0.2, 0) is 19.4 Å². The van der Waals surface area contributed by atoms with Crippen LogP contribution in [0.5, 0.6) is 0 Å². The first kappa shape index (κ1) is 15.9. The zero-order chi connectivity index (χ0) is 16.0. The Morgan fingerprint density at radius 2 is 2.05 bits per heavy atom. The van der Waals surface area contributed by atoms with Crippen LogP contribution in [0.3, 0.4) is 0 Å². The molecule has 1 fully saturated rings. The monoisotopic (exact) mass is 329 g/mol. The van der Waals surface area contributed by atoms with E-state index in [9.17, 15) is 13.2 Å². The van der Waals surface area contributed by atoms with Crippen LogP contribution in [0.15, 0.2) is 12.3 Å². The molecule has 8 heteroatoms. The van der Waals surface area contributed by atoms with Gasteiger partial charge in [0.05, 0.1) is 5.56 Å². The Labute approximate surface area is 128 Å². The highest BCUT2D eigenvalue weighted by atomic mass is 35.7. The molecule has 0 spiro atoms. The van der Waals surface area contributed by atoms with E-state index < -0.39 is 14.3 Å². The minimum atomic E-state index is -3.79. The van der Waals surface area contributed by atoms with Crippen molar-refractivity contribution in [2.45, 2.75) is 38.0 Å². The molecule has 1 aromatic rings. The number of hydrogen-bond acceptors (Lipinski definition) is 4. The van der Waals surface area contributed by atoms with Crippen molar-refractivity contribution < 1.29 is 13.2 Å². The Hall–Kier alpha value is -1.52. The molecule has 1 atom stereocenters. The fourth-order valence-corrected chi connectivity index (χ4v) is 3.37. The molecule has 1 aliphatic heterocycles. The molecule has 0 N–H and O–H groups in total. The van der Waals surface area contributed by atoms with Crippen LogP contribution in [-0.4, -0.2) is 30.7 Å². The maximum Gasteiger partial charge on any atom is 0.237 e. The number of anilines is 1. The standard InChI is InChI=1S/C13H16ClN3O3S/c1-13(2,3)17-7-9(6-15)4-11(17)16-8-10(5-12(16)18)21(14,19)20/h4,7,10H,5,8H2,1-3H3. The number of carbonyl (C=O) groups excluding carboxylic acids is 1. The molecule has 0 bridgehead atoms. The molecule has 1 amide bonds. The molecule has 114 valence electrons. The molecule has 2 heterocycles. The van der Waals surface area contributed by atoms with E-state index in [4.69, 9.17) is 15.9 Å². The topological polar surface area (TPSA) is 83.2 Å². The predicted molar refractivity (Wildman–Crippen MR) is 79.7 cm³/mol. The highest BCUT2D eigenvalue weighted by molar-refractivity contribution is 8.14. The van der Waals surface area contributed by atoms with E-state index in [-0.39, 0.29) is 24.4 Å². The van der Waals surface area contributed by atoms with Crippen molar-refractivity contribution >= 4 is 31.5 Å². The highest BCUT2D eigenvalue weighted by Crippen LogP contribution is 2.32. The summed E-state index contributed by atoms with van der Waals surface area (Å²) >= 11 is 0. The lowest BCUT2D eigenvalue weighted by molar-refractivity contribution is -0.117. The van der Waals surface area contributed by atoms with Crippen LogP contribution in [0.25, 0.3) is 0 Å². The number of halogens is 1. The Bertz CT molecular complexity index is 725. The lowest BCUT2D eigenvalue weighted by Crippen LogP contribution is -2.32. The summed E-state index contributed by atoms with van der Waals surface area (Å²) in [6.07, 6.45) is 1.52. The number of nitriles is 1. The molecule has 0 aromatic carbocycles. The molecule has 0 saturated carbocycles. The molecule has 1 unspecified atom stereocenters. The summed E-state index contributed by atoms with van der Waals surface area (Å²) in [6, 6.07) is 3.63. The van der Waals surface area contributed by atoms with Crippen LogP contribution in [0, 0.1) is 11.3 Å². The van der Waals surface area contributed by atoms with Gasteiger partial charge in [0.15, 0.2) is 0 Å². The first-order chi connectivity index (χ1) is 9.54. The van der Waals surface area contributed by atoms with Gasteiger partial charge in [0.1, 0.15) is 17.1 Å². The van der Waals surface area contributed by atoms with E-state index >= 15 is 0 Å². The van der Waals surface area contributed by atoms with Gasteiger partial charge in [-0.25, -0.2) is 8.42 Å². The predicted octanol–water partition coefficient (Wildman–Crippen LogP) is 1.79. The van der Waals surface area contributed by atoms with Gasteiger partial charge in [-0.1, -0.05) is 0 Å². The molecule has 1 aliphatic rings. The maximum atomic E-state index is 12.1. The first-order valence-electron chi connectivity index (χ1n) is 6.41. The largest absolute Gasteiger partial charge is 0.328 e. The lowest BCUT2D eigenvalue weighted by atomic mass is 10.1. The molecular weight excluding hydrogens is 314 g/mol. The Morgan fingerprint density at radius 3 is 2.48 bits per heavy atom. The Balaban J connectivity index is 2.46. The van der Waals surface area contributed by atoms with Crippen molar-refractivity contribution in [3.05, 3.63) is 17.8 Å². The zero-order valence-electron chi connectivity index (χ0n) is 12.0. The SMILES string of the molecule is CC(C)(C)n1cc(C#N)cc1N1CC(S(=O)(=O)Cl)CC1=O. The van der Waals surface area contributed by atoms with Gasteiger partial charge in [0.2, 0.25) is 15.0 Å². The Morgan fingerprint density at radius 1 is 1.43 bits per heavy atom. The van der Waals surface area contributed by atoms with Crippen LogP contribution >= 0.6 is 10.7 Å². The quantitative estimate of drug-likeness (QED) is 0.774. The average molecular weight is 330 g/mol. The van der Waals surface area contributed by atoms with Gasteiger partial charge in [0, 0.05) is 35.4 Å². The van der Waals surface area contributed by atoms with E-state index in [0.29, 0.717) is 11.4 Å². The zero-order valence-corrected chi connectivity index (χ0v) is 13.6. The number of nitrogens with zero attached hydrogens (tertiary/aromatic N) is 3. The average Bonchev–Trinajstić information content (AvgIpc) is 2.90. The molecule has 0 aliphatic carbocycles. The summed E-state index contributed by atoms with van der Waals surface area (Å²) in [7, 11) is 1.57. The van der Waals surface area contributed by atoms with Gasteiger partial charge in [-0.2, -0.15) is 5.26 Å². The summed E-state index contributed by atoms with van der Waals surface area (Å²) < 4.78 is 24.7. The molecule has 1 aromatic heterocycles. The van der Waals surface area contributed by atoms with Crippen LogP contribution in [0.1, 0.15) is 32.8 Å². The third-order valence-corrected chi connectivity index (χ3v) is 5.28. The van der Waals surface area contributed by atoms with Gasteiger partial charge in [-0.15, -0.1) is 0 Å². The number of aromatic nitrogens is 1. The number of rotatable bonds is 2.